The number of hydrogen-bond donors (Lipinski definition) is 0. The highest BCUT2D eigenvalue weighted by molar-refractivity contribution is 14.1. The number of rotatable bonds is 10. The quantitative estimate of drug-likeness (QED) is 0.185. The molecule has 2 rings (SSSR count). The molecular weight excluding hydrogens is 497 g/mol. The number of methoxy groups -OCH3 is 1. The van der Waals surface area contributed by atoms with Crippen LogP contribution < -0.4 is 9.47 Å². The Morgan fingerprint density at radius 3 is 2.56 bits per heavy atom. The Bertz CT molecular complexity index is 769. The van der Waals surface area contributed by atoms with E-state index in [0.29, 0.717) is 30.1 Å². The maximum absolute atomic E-state index is 12.4. The molecule has 0 aliphatic heterocycles. The number of ketones is 1. The van der Waals surface area contributed by atoms with Crippen LogP contribution in [-0.2, 0) is 0 Å². The van der Waals surface area contributed by atoms with Gasteiger partial charge >= 0.3 is 0 Å². The smallest absolute Gasteiger partial charge is 0.174 e. The normalized spacial score (nSPS) is 10.9. The Kier molecular flexibility index (Phi) is 9.21. The number of nitrogens with zero attached hydrogens (tertiary/aromatic N) is 1. The SMILES string of the molecule is COc1cc(C(=O)CCN(C)C)cc(I)c1OCCSc1ccc(Cl)cc1. The van der Waals surface area contributed by atoms with E-state index in [-0.39, 0.29) is 5.78 Å². The van der Waals surface area contributed by atoms with Crippen molar-refractivity contribution in [2.24, 2.45) is 0 Å². The van der Waals surface area contributed by atoms with Gasteiger partial charge in [-0.15, -0.1) is 11.8 Å². The molecule has 0 aromatic heterocycles. The predicted molar refractivity (Wildman–Crippen MR) is 121 cm³/mol. The minimum absolute atomic E-state index is 0.102. The van der Waals surface area contributed by atoms with Crippen molar-refractivity contribution in [2.75, 3.05) is 40.1 Å². The fourth-order valence-corrected chi connectivity index (χ4v) is 3.94. The van der Waals surface area contributed by atoms with Crippen molar-refractivity contribution in [3.05, 3.63) is 50.6 Å². The molecular formula is C20H23ClINO3S. The second kappa shape index (κ2) is 11.1. The zero-order valence-electron chi connectivity index (χ0n) is 15.6. The first-order valence-electron chi connectivity index (χ1n) is 8.47. The van der Waals surface area contributed by atoms with Crippen LogP contribution in [0, 0.1) is 3.57 Å². The molecule has 146 valence electrons. The van der Waals surface area contributed by atoms with Gasteiger partial charge in [0.1, 0.15) is 0 Å². The molecule has 0 fully saturated rings. The van der Waals surface area contributed by atoms with Crippen LogP contribution in [0.4, 0.5) is 0 Å². The van der Waals surface area contributed by atoms with Crippen molar-refractivity contribution in [1.82, 2.24) is 4.90 Å². The zero-order valence-corrected chi connectivity index (χ0v) is 19.4. The van der Waals surface area contributed by atoms with Crippen LogP contribution in [0.3, 0.4) is 0 Å². The minimum atomic E-state index is 0.102. The number of carbonyl (C=O) groups is 1. The summed E-state index contributed by atoms with van der Waals surface area (Å²) in [6.45, 7) is 1.26. The summed E-state index contributed by atoms with van der Waals surface area (Å²) >= 11 is 9.79. The second-order valence-corrected chi connectivity index (χ2v) is 8.88. The third-order valence-electron chi connectivity index (χ3n) is 3.75. The first kappa shape index (κ1) is 22.3. The van der Waals surface area contributed by atoms with Gasteiger partial charge in [-0.1, -0.05) is 11.6 Å². The molecule has 0 saturated heterocycles. The molecule has 4 nitrogen and oxygen atoms in total. The third kappa shape index (κ3) is 7.18. The van der Waals surface area contributed by atoms with Crippen molar-refractivity contribution in [3.8, 4) is 11.5 Å². The lowest BCUT2D eigenvalue weighted by atomic mass is 10.1. The second-order valence-electron chi connectivity index (χ2n) is 6.12. The molecule has 0 N–H and O–H groups in total. The lowest BCUT2D eigenvalue weighted by Crippen LogP contribution is -2.17. The van der Waals surface area contributed by atoms with Gasteiger partial charge in [0.2, 0.25) is 0 Å². The summed E-state index contributed by atoms with van der Waals surface area (Å²) in [7, 11) is 5.50. The maximum Gasteiger partial charge on any atom is 0.174 e. The monoisotopic (exact) mass is 519 g/mol. The van der Waals surface area contributed by atoms with Crippen molar-refractivity contribution < 1.29 is 14.3 Å². The molecule has 2 aromatic rings. The Labute approximate surface area is 183 Å². The first-order chi connectivity index (χ1) is 12.9. The topological polar surface area (TPSA) is 38.8 Å². The summed E-state index contributed by atoms with van der Waals surface area (Å²) in [6.07, 6.45) is 0.476. The van der Waals surface area contributed by atoms with E-state index < -0.39 is 0 Å². The molecule has 0 heterocycles. The molecule has 0 aliphatic carbocycles. The van der Waals surface area contributed by atoms with Crippen molar-refractivity contribution in [1.29, 1.82) is 0 Å². The maximum atomic E-state index is 12.4. The van der Waals surface area contributed by atoms with Gasteiger partial charge in [-0.05, 0) is 73.1 Å². The summed E-state index contributed by atoms with van der Waals surface area (Å²) in [5.74, 6) is 2.17. The van der Waals surface area contributed by atoms with Crippen LogP contribution in [0.2, 0.25) is 5.02 Å². The number of carbonyl (C=O) groups excluding carboxylic acids is 1. The van der Waals surface area contributed by atoms with E-state index in [9.17, 15) is 4.79 Å². The lowest BCUT2D eigenvalue weighted by Gasteiger charge is -2.15. The van der Waals surface area contributed by atoms with Gasteiger partial charge in [0.25, 0.3) is 0 Å². The summed E-state index contributed by atoms with van der Waals surface area (Å²) in [4.78, 5) is 15.5. The number of benzene rings is 2. The number of hydrogen-bond acceptors (Lipinski definition) is 5. The van der Waals surface area contributed by atoms with E-state index in [2.05, 4.69) is 22.6 Å². The number of thioether (sulfide) groups is 1. The average Bonchev–Trinajstić information content (AvgIpc) is 2.65. The van der Waals surface area contributed by atoms with E-state index in [0.717, 1.165) is 25.8 Å². The Balaban J connectivity index is 1.97. The molecule has 7 heteroatoms. The molecule has 0 saturated carbocycles. The summed E-state index contributed by atoms with van der Waals surface area (Å²) in [5, 5.41) is 0.732. The van der Waals surface area contributed by atoms with E-state index in [1.54, 1.807) is 24.9 Å². The van der Waals surface area contributed by atoms with Crippen LogP contribution >= 0.6 is 46.0 Å². The Morgan fingerprint density at radius 1 is 1.22 bits per heavy atom. The Morgan fingerprint density at radius 2 is 1.93 bits per heavy atom. The van der Waals surface area contributed by atoms with Gasteiger partial charge in [0.05, 0.1) is 17.3 Å². The zero-order chi connectivity index (χ0) is 19.8. The summed E-state index contributed by atoms with van der Waals surface area (Å²) < 4.78 is 12.3. The number of Topliss-reactive ketones (excluding diaryl/α,β-unsaturated/α-hetero) is 1. The molecule has 0 aliphatic rings. The molecule has 0 unspecified atom stereocenters. The van der Waals surface area contributed by atoms with Crippen molar-refractivity contribution in [3.63, 3.8) is 0 Å². The number of ether oxygens (including phenoxy) is 2. The standard InChI is InChI=1S/C20H23ClINO3S/c1-23(2)9-8-18(24)14-12-17(22)20(19(13-14)25-3)26-10-11-27-16-6-4-15(21)5-7-16/h4-7,12-13H,8-11H2,1-3H3. The summed E-state index contributed by atoms with van der Waals surface area (Å²) in [6, 6.07) is 11.4. The van der Waals surface area contributed by atoms with Gasteiger partial charge in [-0.2, -0.15) is 0 Å². The molecule has 2 aromatic carbocycles. The van der Waals surface area contributed by atoms with Crippen molar-refractivity contribution >= 4 is 51.7 Å². The van der Waals surface area contributed by atoms with E-state index >= 15 is 0 Å². The molecule has 0 radical (unpaired) electrons. The molecule has 0 bridgehead atoms. The van der Waals surface area contributed by atoms with Crippen LogP contribution in [-0.4, -0.2) is 50.8 Å². The minimum Gasteiger partial charge on any atom is -0.493 e. The molecule has 27 heavy (non-hydrogen) atoms. The van der Waals surface area contributed by atoms with Gasteiger partial charge in [-0.3, -0.25) is 4.79 Å². The molecule has 0 spiro atoms. The molecule has 0 atom stereocenters. The highest BCUT2D eigenvalue weighted by Crippen LogP contribution is 2.34. The van der Waals surface area contributed by atoms with Crippen LogP contribution in [0.5, 0.6) is 11.5 Å². The molecule has 0 amide bonds. The highest BCUT2D eigenvalue weighted by atomic mass is 127. The average molecular weight is 520 g/mol. The fourth-order valence-electron chi connectivity index (χ4n) is 2.32. The van der Waals surface area contributed by atoms with Gasteiger partial charge in [0, 0.05) is 34.2 Å². The third-order valence-corrected chi connectivity index (χ3v) is 5.78. The lowest BCUT2D eigenvalue weighted by molar-refractivity contribution is 0.0972. The first-order valence-corrected chi connectivity index (χ1v) is 10.9. The highest BCUT2D eigenvalue weighted by Gasteiger charge is 2.15. The van der Waals surface area contributed by atoms with Crippen LogP contribution in [0.1, 0.15) is 16.8 Å². The number of halogens is 2. The van der Waals surface area contributed by atoms with Gasteiger partial charge < -0.3 is 14.4 Å². The van der Waals surface area contributed by atoms with Crippen LogP contribution in [0.15, 0.2) is 41.3 Å². The van der Waals surface area contributed by atoms with Crippen molar-refractivity contribution in [2.45, 2.75) is 11.3 Å². The fraction of sp³-hybridized carbons (Fsp3) is 0.350. The van der Waals surface area contributed by atoms with Gasteiger partial charge in [0.15, 0.2) is 17.3 Å². The predicted octanol–water partition coefficient (Wildman–Crippen LogP) is 5.26. The Hall–Kier alpha value is -0.960. The van der Waals surface area contributed by atoms with E-state index in [1.807, 2.05) is 49.3 Å². The largest absolute Gasteiger partial charge is 0.493 e. The van der Waals surface area contributed by atoms with Gasteiger partial charge in [-0.25, -0.2) is 0 Å². The van der Waals surface area contributed by atoms with E-state index in [1.165, 1.54) is 0 Å². The van der Waals surface area contributed by atoms with E-state index in [4.69, 9.17) is 21.1 Å². The summed E-state index contributed by atoms with van der Waals surface area (Å²) in [5.41, 5.74) is 0.654. The van der Waals surface area contributed by atoms with Crippen LogP contribution in [0.25, 0.3) is 0 Å².